The minimum Gasteiger partial charge on any atom is -0.269 e. The maximum Gasteiger partial charge on any atom is 0.264 e. The molecule has 29 heavy (non-hydrogen) atoms. The molecule has 0 aromatic heterocycles. The number of rotatable bonds is 5. The van der Waals surface area contributed by atoms with Crippen LogP contribution in [0.5, 0.6) is 0 Å². The molecule has 2 aromatic carbocycles. The van der Waals surface area contributed by atoms with Gasteiger partial charge >= 0.3 is 0 Å². The van der Waals surface area contributed by atoms with Crippen LogP contribution in [0.1, 0.15) is 36.0 Å². The number of anilines is 1. The van der Waals surface area contributed by atoms with Crippen LogP contribution in [-0.2, 0) is 20.0 Å². The van der Waals surface area contributed by atoms with E-state index in [1.807, 2.05) is 6.92 Å². The maximum atomic E-state index is 13.2. The lowest BCUT2D eigenvalue weighted by Gasteiger charge is -2.29. The van der Waals surface area contributed by atoms with Gasteiger partial charge in [-0.3, -0.25) is 4.31 Å². The van der Waals surface area contributed by atoms with Gasteiger partial charge < -0.3 is 0 Å². The zero-order valence-corrected chi connectivity index (χ0v) is 19.0. The zero-order valence-electron chi connectivity index (χ0n) is 17.3. The van der Waals surface area contributed by atoms with Gasteiger partial charge in [0.15, 0.2) is 0 Å². The second kappa shape index (κ2) is 8.08. The fourth-order valence-electron chi connectivity index (χ4n) is 3.81. The van der Waals surface area contributed by atoms with Crippen molar-refractivity contribution in [2.45, 2.75) is 49.8 Å². The summed E-state index contributed by atoms with van der Waals surface area (Å²) < 4.78 is 55.5. The molecule has 8 heteroatoms. The van der Waals surface area contributed by atoms with Gasteiger partial charge in [0.25, 0.3) is 10.0 Å². The molecule has 0 N–H and O–H groups in total. The fourth-order valence-corrected chi connectivity index (χ4v) is 6.87. The minimum absolute atomic E-state index is 0.172. The normalized spacial score (nSPS) is 16.0. The predicted octanol–water partition coefficient (Wildman–Crippen LogP) is 3.61. The molecule has 1 saturated heterocycles. The molecule has 0 bridgehead atoms. The third-order valence-corrected chi connectivity index (χ3v) is 9.32. The number of aryl methyl sites for hydroxylation is 2. The first-order valence-corrected chi connectivity index (χ1v) is 12.6. The third-order valence-electron chi connectivity index (χ3n) is 5.51. The lowest BCUT2D eigenvalue weighted by Crippen LogP contribution is -2.36. The number of hydrogen-bond acceptors (Lipinski definition) is 4. The molecule has 0 amide bonds. The second-order valence-electron chi connectivity index (χ2n) is 7.60. The summed E-state index contributed by atoms with van der Waals surface area (Å²) in [6.45, 7) is 6.37. The number of hydrogen-bond donors (Lipinski definition) is 0. The molecule has 0 radical (unpaired) electrons. The molecule has 1 aliphatic heterocycles. The van der Waals surface area contributed by atoms with E-state index >= 15 is 0 Å². The molecule has 0 saturated carbocycles. The number of benzene rings is 2. The molecule has 0 unspecified atom stereocenters. The van der Waals surface area contributed by atoms with E-state index < -0.39 is 20.0 Å². The van der Waals surface area contributed by atoms with Gasteiger partial charge in [0.1, 0.15) is 0 Å². The smallest absolute Gasteiger partial charge is 0.264 e. The Morgan fingerprint density at radius 3 is 2.00 bits per heavy atom. The van der Waals surface area contributed by atoms with E-state index in [0.29, 0.717) is 29.9 Å². The Hall–Kier alpha value is -1.90. The topological polar surface area (TPSA) is 74.8 Å². The highest BCUT2D eigenvalue weighted by atomic mass is 32.2. The van der Waals surface area contributed by atoms with Crippen molar-refractivity contribution in [3.8, 4) is 0 Å². The van der Waals surface area contributed by atoms with Gasteiger partial charge in [0, 0.05) is 20.1 Å². The Morgan fingerprint density at radius 1 is 0.828 bits per heavy atom. The number of piperidine rings is 1. The van der Waals surface area contributed by atoms with E-state index in [2.05, 4.69) is 0 Å². The van der Waals surface area contributed by atoms with Crippen LogP contribution >= 0.6 is 0 Å². The average molecular weight is 437 g/mol. The van der Waals surface area contributed by atoms with E-state index in [1.54, 1.807) is 50.2 Å². The molecule has 0 atom stereocenters. The van der Waals surface area contributed by atoms with Crippen LogP contribution in [0.2, 0.25) is 0 Å². The van der Waals surface area contributed by atoms with E-state index in [4.69, 9.17) is 0 Å². The van der Waals surface area contributed by atoms with Crippen molar-refractivity contribution in [3.05, 3.63) is 53.1 Å². The number of sulfonamides is 2. The van der Waals surface area contributed by atoms with Crippen LogP contribution in [0.15, 0.2) is 46.2 Å². The highest BCUT2D eigenvalue weighted by Gasteiger charge is 2.31. The van der Waals surface area contributed by atoms with Crippen molar-refractivity contribution >= 4 is 25.7 Å². The molecular formula is C21H28N2O4S2. The van der Waals surface area contributed by atoms with Crippen LogP contribution < -0.4 is 4.31 Å². The van der Waals surface area contributed by atoms with Gasteiger partial charge in [-0.15, -0.1) is 0 Å². The summed E-state index contributed by atoms with van der Waals surface area (Å²) in [6.07, 6.45) is 2.72. The quantitative estimate of drug-likeness (QED) is 0.718. The van der Waals surface area contributed by atoms with Crippen molar-refractivity contribution in [1.29, 1.82) is 0 Å². The van der Waals surface area contributed by atoms with Gasteiger partial charge in [-0.1, -0.05) is 30.2 Å². The van der Waals surface area contributed by atoms with Gasteiger partial charge in [-0.2, -0.15) is 4.31 Å². The van der Waals surface area contributed by atoms with Crippen LogP contribution in [-0.4, -0.2) is 41.3 Å². The van der Waals surface area contributed by atoms with Crippen molar-refractivity contribution in [2.75, 3.05) is 24.4 Å². The molecular weight excluding hydrogens is 408 g/mol. The van der Waals surface area contributed by atoms with Gasteiger partial charge in [0.05, 0.1) is 15.5 Å². The Labute approximate surface area is 174 Å². The number of nitrogens with zero attached hydrogens (tertiary/aromatic N) is 2. The summed E-state index contributed by atoms with van der Waals surface area (Å²) in [5.41, 5.74) is 2.53. The SMILES string of the molecule is Cc1ccc(S(=O)(=O)N(C)c2c(C)ccc(S(=O)(=O)N3CCCCC3)c2C)cc1. The summed E-state index contributed by atoms with van der Waals surface area (Å²) >= 11 is 0. The van der Waals surface area contributed by atoms with Crippen LogP contribution in [0, 0.1) is 20.8 Å². The molecule has 3 rings (SSSR count). The maximum absolute atomic E-state index is 13.2. The van der Waals surface area contributed by atoms with E-state index in [1.165, 1.54) is 15.7 Å². The summed E-state index contributed by atoms with van der Waals surface area (Å²) in [4.78, 5) is 0.347. The molecule has 2 aromatic rings. The molecule has 0 aliphatic carbocycles. The Balaban J connectivity index is 2.08. The third kappa shape index (κ3) is 4.06. The lowest BCUT2D eigenvalue weighted by molar-refractivity contribution is 0.346. The lowest BCUT2D eigenvalue weighted by atomic mass is 10.1. The highest BCUT2D eigenvalue weighted by Crippen LogP contribution is 2.34. The van der Waals surface area contributed by atoms with Crippen molar-refractivity contribution in [3.63, 3.8) is 0 Å². The second-order valence-corrected chi connectivity index (χ2v) is 11.5. The van der Waals surface area contributed by atoms with Gasteiger partial charge in [0.2, 0.25) is 10.0 Å². The highest BCUT2D eigenvalue weighted by molar-refractivity contribution is 7.92. The Morgan fingerprint density at radius 2 is 1.41 bits per heavy atom. The van der Waals surface area contributed by atoms with Gasteiger partial charge in [-0.05, 0) is 62.9 Å². The standard InChI is InChI=1S/C21H28N2O4S2/c1-16-8-11-19(12-9-16)28(24,25)22(4)21-17(2)10-13-20(18(21)3)29(26,27)23-14-6-5-7-15-23/h8-13H,5-7,14-15H2,1-4H3. The van der Waals surface area contributed by atoms with E-state index in [0.717, 1.165) is 24.8 Å². The molecule has 1 aliphatic rings. The first-order chi connectivity index (χ1) is 13.6. The first kappa shape index (κ1) is 21.8. The molecule has 158 valence electrons. The molecule has 0 spiro atoms. The summed E-state index contributed by atoms with van der Waals surface area (Å²) in [5, 5.41) is 0. The first-order valence-electron chi connectivity index (χ1n) is 9.73. The largest absolute Gasteiger partial charge is 0.269 e. The average Bonchev–Trinajstić information content (AvgIpc) is 2.68. The fraction of sp³-hybridized carbons (Fsp3) is 0.429. The summed E-state index contributed by atoms with van der Waals surface area (Å²) in [7, 11) is -6.01. The van der Waals surface area contributed by atoms with Crippen LogP contribution in [0.25, 0.3) is 0 Å². The van der Waals surface area contributed by atoms with Gasteiger partial charge in [-0.25, -0.2) is 16.8 Å². The van der Waals surface area contributed by atoms with E-state index in [9.17, 15) is 16.8 Å². The zero-order chi connectivity index (χ0) is 21.4. The van der Waals surface area contributed by atoms with Crippen LogP contribution in [0.3, 0.4) is 0 Å². The molecule has 6 nitrogen and oxygen atoms in total. The van der Waals surface area contributed by atoms with Crippen molar-refractivity contribution in [1.82, 2.24) is 4.31 Å². The van der Waals surface area contributed by atoms with E-state index in [-0.39, 0.29) is 9.79 Å². The molecule has 1 fully saturated rings. The Kier molecular flexibility index (Phi) is 6.08. The minimum atomic E-state index is -3.82. The summed E-state index contributed by atoms with van der Waals surface area (Å²) in [6, 6.07) is 9.90. The van der Waals surface area contributed by atoms with Crippen molar-refractivity contribution in [2.24, 2.45) is 0 Å². The predicted molar refractivity (Wildman–Crippen MR) is 115 cm³/mol. The van der Waals surface area contributed by atoms with Crippen molar-refractivity contribution < 1.29 is 16.8 Å². The molecule has 1 heterocycles. The monoisotopic (exact) mass is 436 g/mol. The Bertz CT molecular complexity index is 1100. The van der Waals surface area contributed by atoms with Crippen LogP contribution in [0.4, 0.5) is 5.69 Å². The summed E-state index contributed by atoms with van der Waals surface area (Å²) in [5.74, 6) is 0.